The molecule has 3 aromatic rings. The Morgan fingerprint density at radius 2 is 1.54 bits per heavy atom. The van der Waals surface area contributed by atoms with Gasteiger partial charge in [-0.05, 0) is 5.76 Å². The van der Waals surface area contributed by atoms with Crippen LogP contribution in [0.1, 0.15) is 20.3 Å². The largest absolute Gasteiger partial charge is 1.00 e. The first-order valence-corrected chi connectivity index (χ1v) is 9.90. The Morgan fingerprint density at radius 1 is 1.04 bits per heavy atom. The van der Waals surface area contributed by atoms with E-state index in [-0.39, 0.29) is 31.4 Å². The Hall–Kier alpha value is -1.12. The van der Waals surface area contributed by atoms with Crippen LogP contribution in [0.2, 0.25) is 0 Å². The van der Waals surface area contributed by atoms with Crippen molar-refractivity contribution in [1.29, 1.82) is 0 Å². The van der Waals surface area contributed by atoms with Crippen molar-refractivity contribution in [2.24, 2.45) is 0 Å². The zero-order chi connectivity index (χ0) is 18.8. The van der Waals surface area contributed by atoms with Gasteiger partial charge in [0.15, 0.2) is 0 Å². The van der Waals surface area contributed by atoms with Crippen LogP contribution in [0, 0.1) is 6.08 Å². The molecule has 0 heterocycles. The van der Waals surface area contributed by atoms with E-state index < -0.39 is 0 Å². The van der Waals surface area contributed by atoms with Crippen molar-refractivity contribution in [3.05, 3.63) is 78.6 Å². The molecule has 4 rings (SSSR count). The smallest absolute Gasteiger partial charge is 0.0876 e. The summed E-state index contributed by atoms with van der Waals surface area (Å²) in [4.78, 5) is 0. The third kappa shape index (κ3) is 8.92. The van der Waals surface area contributed by atoms with E-state index in [1.54, 1.807) is 30.3 Å². The maximum Gasteiger partial charge on any atom is 0.0876 e. The van der Waals surface area contributed by atoms with E-state index in [1.807, 2.05) is 6.08 Å². The Kier molecular flexibility index (Phi) is 14.2. The Balaban J connectivity index is 0.000000432. The summed E-state index contributed by atoms with van der Waals surface area (Å²) in [5.74, 6) is 0.823. The number of rotatable bonds is 3. The molecule has 0 bridgehead atoms. The van der Waals surface area contributed by atoms with Gasteiger partial charge < -0.3 is 34.7 Å². The fourth-order valence-corrected chi connectivity index (χ4v) is 2.55. The molecule has 0 unspecified atom stereocenters. The fourth-order valence-electron chi connectivity index (χ4n) is 2.55. The van der Waals surface area contributed by atoms with Crippen molar-refractivity contribution in [3.8, 4) is 0 Å². The summed E-state index contributed by atoms with van der Waals surface area (Å²) in [6.45, 7) is 4.70. The van der Waals surface area contributed by atoms with E-state index in [9.17, 15) is 0 Å². The molecule has 5 heteroatoms. The van der Waals surface area contributed by atoms with E-state index in [0.717, 1.165) is 12.2 Å². The zero-order valence-corrected chi connectivity index (χ0v) is 20.1. The van der Waals surface area contributed by atoms with E-state index in [4.69, 9.17) is 9.84 Å². The van der Waals surface area contributed by atoms with Crippen molar-refractivity contribution < 1.29 is 58.9 Å². The van der Waals surface area contributed by atoms with Gasteiger partial charge >= 0.3 is 41.3 Å². The molecule has 0 spiro atoms. The molecule has 0 amide bonds. The summed E-state index contributed by atoms with van der Waals surface area (Å²) >= 11 is 1.55. The molecular weight excluding hydrogens is 470 g/mol. The standard InChI is InChI=1S/C13H9.C7H9O2.C3H6.2ClH.Zr/c1-3-7-12-10(5-1)9-11-6-2-4-8-13(11)12;8-5-6-9-7-3-1-2-4-7;1-3-2;;;/h1-9H;3-4,8H,1,5-6H2;1-2H3;2*1H;/q2*-1;;;;+2/p-2. The normalized spacial score (nSPS) is 11.2. The van der Waals surface area contributed by atoms with E-state index in [0.29, 0.717) is 6.61 Å². The van der Waals surface area contributed by atoms with Gasteiger partial charge in [-0.1, -0.05) is 36.4 Å². The summed E-state index contributed by atoms with van der Waals surface area (Å²) in [7, 11) is 0. The van der Waals surface area contributed by atoms with Gasteiger partial charge in [0.1, 0.15) is 0 Å². The Bertz CT molecular complexity index is 859. The van der Waals surface area contributed by atoms with E-state index in [1.165, 1.54) is 24.8 Å². The number of hydrogen-bond acceptors (Lipinski definition) is 2. The summed E-state index contributed by atoms with van der Waals surface area (Å²) in [5.41, 5.74) is 0. The third-order valence-electron chi connectivity index (χ3n) is 3.55. The number of fused-ring (bicyclic) bond motifs is 3. The second-order valence-electron chi connectivity index (χ2n) is 6.05. The number of aliphatic hydroxyl groups is 1. The molecule has 2 nitrogen and oxygen atoms in total. The molecule has 148 valence electrons. The molecule has 0 aromatic heterocycles. The van der Waals surface area contributed by atoms with Gasteiger partial charge in [-0.25, -0.2) is 0 Å². The number of aliphatic hydroxyl groups excluding tert-OH is 1. The summed E-state index contributed by atoms with van der Waals surface area (Å²) < 4.78 is 6.55. The number of halogens is 2. The van der Waals surface area contributed by atoms with Crippen molar-refractivity contribution in [3.63, 3.8) is 0 Å². The molecule has 0 saturated heterocycles. The predicted octanol–water partition coefficient (Wildman–Crippen LogP) is -0.892. The van der Waals surface area contributed by atoms with Crippen molar-refractivity contribution in [2.75, 3.05) is 13.2 Å². The monoisotopic (exact) mass is 492 g/mol. The molecule has 0 fully saturated rings. The maximum absolute atomic E-state index is 8.34. The summed E-state index contributed by atoms with van der Waals surface area (Å²) in [6.07, 6.45) is 7.50. The number of hydrogen-bond donors (Lipinski definition) is 1. The van der Waals surface area contributed by atoms with Crippen LogP contribution in [0.3, 0.4) is 0 Å². The molecular formula is C23H24Cl2O2Zr-2. The first-order valence-electron chi connectivity index (χ1n) is 8.67. The van der Waals surface area contributed by atoms with Crippen LogP contribution in [-0.2, 0) is 29.0 Å². The van der Waals surface area contributed by atoms with Crippen LogP contribution >= 0.6 is 0 Å². The Morgan fingerprint density at radius 3 is 1.96 bits per heavy atom. The van der Waals surface area contributed by atoms with Gasteiger partial charge in [-0.2, -0.15) is 6.08 Å². The van der Waals surface area contributed by atoms with Crippen LogP contribution in [0.15, 0.2) is 72.5 Å². The average molecular weight is 495 g/mol. The minimum absolute atomic E-state index is 0. The second kappa shape index (κ2) is 14.8. The topological polar surface area (TPSA) is 29.5 Å². The molecule has 0 saturated carbocycles. The molecule has 1 aliphatic rings. The van der Waals surface area contributed by atoms with E-state index in [2.05, 4.69) is 74.5 Å². The fraction of sp³-hybridized carbons (Fsp3) is 0.217. The first kappa shape index (κ1) is 26.9. The van der Waals surface area contributed by atoms with Crippen LogP contribution in [-0.4, -0.2) is 21.5 Å². The molecule has 0 radical (unpaired) electrons. The summed E-state index contributed by atoms with van der Waals surface area (Å²) in [5, 5.41) is 13.7. The van der Waals surface area contributed by atoms with Crippen LogP contribution in [0.25, 0.3) is 21.5 Å². The van der Waals surface area contributed by atoms with Crippen molar-refractivity contribution >= 4 is 24.8 Å². The minimum Gasteiger partial charge on any atom is -1.00 e. The van der Waals surface area contributed by atoms with Gasteiger partial charge in [0.05, 0.1) is 13.2 Å². The molecule has 1 aliphatic carbocycles. The van der Waals surface area contributed by atoms with Gasteiger partial charge in [0.2, 0.25) is 0 Å². The second-order valence-corrected chi connectivity index (χ2v) is 8.51. The van der Waals surface area contributed by atoms with Crippen molar-refractivity contribution in [1.82, 2.24) is 0 Å². The quantitative estimate of drug-likeness (QED) is 0.479. The minimum atomic E-state index is 0. The van der Waals surface area contributed by atoms with Gasteiger partial charge in [0, 0.05) is 0 Å². The number of benzene rings is 2. The van der Waals surface area contributed by atoms with Crippen molar-refractivity contribution in [2.45, 2.75) is 20.3 Å². The third-order valence-corrected chi connectivity index (χ3v) is 3.55. The molecule has 0 aliphatic heterocycles. The SMILES string of the molecule is C[C](C)=[Zr+2].OCCOC1=CC[C-]=C1.[Cl-].[Cl-].c1ccc2c(c1)[cH-]c1ccccc12. The van der Waals surface area contributed by atoms with E-state index >= 15 is 0 Å². The molecule has 1 N–H and O–H groups in total. The van der Waals surface area contributed by atoms with Crippen LogP contribution < -0.4 is 24.8 Å². The maximum atomic E-state index is 8.34. The van der Waals surface area contributed by atoms with Gasteiger partial charge in [-0.15, -0.1) is 52.2 Å². The summed E-state index contributed by atoms with van der Waals surface area (Å²) in [6, 6.07) is 19.3. The number of ether oxygens (including phenoxy) is 1. The first-order chi connectivity index (χ1) is 12.6. The molecule has 0 atom stereocenters. The molecule has 3 aromatic carbocycles. The Labute approximate surface area is 194 Å². The average Bonchev–Trinajstić information content (AvgIpc) is 3.27. The van der Waals surface area contributed by atoms with Gasteiger partial charge in [0.25, 0.3) is 0 Å². The predicted molar refractivity (Wildman–Crippen MR) is 107 cm³/mol. The number of allylic oxidation sites excluding steroid dienone is 3. The van der Waals surface area contributed by atoms with Gasteiger partial charge in [-0.3, -0.25) is 6.08 Å². The molecule has 28 heavy (non-hydrogen) atoms. The van der Waals surface area contributed by atoms with Crippen LogP contribution in [0.5, 0.6) is 0 Å². The van der Waals surface area contributed by atoms with Crippen LogP contribution in [0.4, 0.5) is 0 Å². The zero-order valence-electron chi connectivity index (χ0n) is 16.1.